The number of aromatic nitrogens is 3. The number of rotatable bonds is 5. The molecule has 0 bridgehead atoms. The summed E-state index contributed by atoms with van der Waals surface area (Å²) in [4.78, 5) is 4.11. The van der Waals surface area contributed by atoms with Crippen LogP contribution in [-0.2, 0) is 6.42 Å². The minimum absolute atomic E-state index is 0.241. The maximum absolute atomic E-state index is 5.73. The first-order valence-electron chi connectivity index (χ1n) is 7.30. The summed E-state index contributed by atoms with van der Waals surface area (Å²) in [5, 5.41) is 10.2. The summed E-state index contributed by atoms with van der Waals surface area (Å²) in [6, 6.07) is 6.38. The maximum Gasteiger partial charge on any atom is 0.161 e. The standard InChI is InChI=1S/C15H20N4O2/c1-11(16-6-5-15-17-10-18-19-15)12-3-4-13-14(9-12)21-8-2-7-20-13/h3-4,9-11,16H,2,5-8H2,1H3,(H,17,18,19). The van der Waals surface area contributed by atoms with Crippen LogP contribution in [0.3, 0.4) is 0 Å². The molecule has 112 valence electrons. The van der Waals surface area contributed by atoms with Crippen molar-refractivity contribution in [2.75, 3.05) is 19.8 Å². The third-order valence-electron chi connectivity index (χ3n) is 3.55. The number of H-pyrrole nitrogens is 1. The molecule has 1 aliphatic heterocycles. The molecule has 0 fully saturated rings. The van der Waals surface area contributed by atoms with Crippen LogP contribution in [0, 0.1) is 0 Å². The van der Waals surface area contributed by atoms with E-state index in [1.54, 1.807) is 0 Å². The number of nitrogens with one attached hydrogen (secondary N) is 2. The third-order valence-corrected chi connectivity index (χ3v) is 3.55. The van der Waals surface area contributed by atoms with Gasteiger partial charge < -0.3 is 14.8 Å². The van der Waals surface area contributed by atoms with Crippen LogP contribution in [0.25, 0.3) is 0 Å². The Kier molecular flexibility index (Phi) is 4.35. The lowest BCUT2D eigenvalue weighted by Gasteiger charge is -2.16. The molecule has 0 amide bonds. The van der Waals surface area contributed by atoms with Gasteiger partial charge in [0.2, 0.25) is 0 Å². The van der Waals surface area contributed by atoms with Crippen molar-refractivity contribution in [3.63, 3.8) is 0 Å². The molecule has 6 heteroatoms. The molecular weight excluding hydrogens is 268 g/mol. The molecule has 0 radical (unpaired) electrons. The van der Waals surface area contributed by atoms with E-state index in [2.05, 4.69) is 39.6 Å². The summed E-state index contributed by atoms with van der Waals surface area (Å²) >= 11 is 0. The van der Waals surface area contributed by atoms with Gasteiger partial charge in [0.05, 0.1) is 13.2 Å². The Labute approximate surface area is 123 Å². The molecule has 0 saturated heterocycles. The van der Waals surface area contributed by atoms with Crippen molar-refractivity contribution in [3.05, 3.63) is 35.9 Å². The molecule has 1 aromatic heterocycles. The van der Waals surface area contributed by atoms with E-state index in [0.29, 0.717) is 6.61 Å². The van der Waals surface area contributed by atoms with Crippen LogP contribution in [0.15, 0.2) is 24.5 Å². The molecule has 0 spiro atoms. The van der Waals surface area contributed by atoms with Crippen molar-refractivity contribution >= 4 is 0 Å². The highest BCUT2D eigenvalue weighted by molar-refractivity contribution is 5.44. The van der Waals surface area contributed by atoms with Crippen LogP contribution in [0.5, 0.6) is 11.5 Å². The molecule has 1 unspecified atom stereocenters. The second kappa shape index (κ2) is 6.58. The normalized spacial score (nSPS) is 15.5. The predicted octanol–water partition coefficient (Wildman–Crippen LogP) is 1.86. The zero-order valence-corrected chi connectivity index (χ0v) is 12.1. The Hall–Kier alpha value is -2.08. The monoisotopic (exact) mass is 288 g/mol. The fourth-order valence-corrected chi connectivity index (χ4v) is 2.33. The number of nitrogens with zero attached hydrogens (tertiary/aromatic N) is 2. The summed E-state index contributed by atoms with van der Waals surface area (Å²) in [6.45, 7) is 4.41. The zero-order chi connectivity index (χ0) is 14.5. The van der Waals surface area contributed by atoms with Gasteiger partial charge in [-0.3, -0.25) is 5.10 Å². The lowest BCUT2D eigenvalue weighted by molar-refractivity contribution is 0.297. The van der Waals surface area contributed by atoms with Crippen LogP contribution in [0.4, 0.5) is 0 Å². The van der Waals surface area contributed by atoms with Crippen LogP contribution in [-0.4, -0.2) is 34.9 Å². The molecule has 1 aromatic carbocycles. The lowest BCUT2D eigenvalue weighted by Crippen LogP contribution is -2.21. The number of benzene rings is 1. The molecule has 1 atom stereocenters. The molecular formula is C15H20N4O2. The SMILES string of the molecule is CC(NCCc1ncn[nH]1)c1ccc2c(c1)OCCCO2. The van der Waals surface area contributed by atoms with Crippen LogP contribution >= 0.6 is 0 Å². The van der Waals surface area contributed by atoms with E-state index < -0.39 is 0 Å². The minimum Gasteiger partial charge on any atom is -0.490 e. The van der Waals surface area contributed by atoms with Gasteiger partial charge in [-0.05, 0) is 24.6 Å². The quantitative estimate of drug-likeness (QED) is 0.878. The fraction of sp³-hybridized carbons (Fsp3) is 0.467. The van der Waals surface area contributed by atoms with E-state index in [9.17, 15) is 0 Å². The van der Waals surface area contributed by atoms with E-state index in [1.807, 2.05) is 6.07 Å². The van der Waals surface area contributed by atoms with Crippen molar-refractivity contribution in [1.29, 1.82) is 0 Å². The fourth-order valence-electron chi connectivity index (χ4n) is 2.33. The molecule has 0 aliphatic carbocycles. The van der Waals surface area contributed by atoms with Gasteiger partial charge in [0.15, 0.2) is 11.5 Å². The molecule has 3 rings (SSSR count). The topological polar surface area (TPSA) is 72.1 Å². The maximum atomic E-state index is 5.73. The molecule has 6 nitrogen and oxygen atoms in total. The number of aromatic amines is 1. The second-order valence-electron chi connectivity index (χ2n) is 5.11. The summed E-state index contributed by atoms with van der Waals surface area (Å²) < 4.78 is 11.4. The highest BCUT2D eigenvalue weighted by atomic mass is 16.5. The Morgan fingerprint density at radius 3 is 2.95 bits per heavy atom. The lowest BCUT2D eigenvalue weighted by atomic mass is 10.1. The van der Waals surface area contributed by atoms with Gasteiger partial charge in [0.25, 0.3) is 0 Å². The number of fused-ring (bicyclic) bond motifs is 1. The molecule has 0 saturated carbocycles. The Morgan fingerprint density at radius 1 is 1.29 bits per heavy atom. The largest absolute Gasteiger partial charge is 0.490 e. The molecule has 2 N–H and O–H groups in total. The van der Waals surface area contributed by atoms with E-state index >= 15 is 0 Å². The van der Waals surface area contributed by atoms with Crippen molar-refractivity contribution in [2.45, 2.75) is 25.8 Å². The summed E-state index contributed by atoms with van der Waals surface area (Å²) in [7, 11) is 0. The first-order chi connectivity index (χ1) is 10.3. The highest BCUT2D eigenvalue weighted by Crippen LogP contribution is 2.32. The Balaban J connectivity index is 1.59. The molecule has 2 aromatic rings. The third kappa shape index (κ3) is 3.52. The van der Waals surface area contributed by atoms with Crippen LogP contribution in [0.1, 0.15) is 30.8 Å². The van der Waals surface area contributed by atoms with E-state index in [0.717, 1.165) is 43.3 Å². The van der Waals surface area contributed by atoms with Crippen molar-refractivity contribution in [3.8, 4) is 11.5 Å². The molecule has 2 heterocycles. The summed E-state index contributed by atoms with van der Waals surface area (Å²) in [6.07, 6.45) is 3.28. The van der Waals surface area contributed by atoms with E-state index in [4.69, 9.17) is 9.47 Å². The van der Waals surface area contributed by atoms with Gasteiger partial charge in [-0.25, -0.2) is 4.98 Å². The number of hydrogen-bond acceptors (Lipinski definition) is 5. The van der Waals surface area contributed by atoms with Crippen LogP contribution < -0.4 is 14.8 Å². The van der Waals surface area contributed by atoms with Gasteiger partial charge in [0.1, 0.15) is 12.2 Å². The zero-order valence-electron chi connectivity index (χ0n) is 12.1. The smallest absolute Gasteiger partial charge is 0.161 e. The minimum atomic E-state index is 0.241. The molecule has 21 heavy (non-hydrogen) atoms. The van der Waals surface area contributed by atoms with E-state index in [1.165, 1.54) is 11.9 Å². The van der Waals surface area contributed by atoms with Crippen molar-refractivity contribution in [2.24, 2.45) is 0 Å². The van der Waals surface area contributed by atoms with Gasteiger partial charge in [0, 0.05) is 25.4 Å². The Bertz CT molecular complexity index is 571. The van der Waals surface area contributed by atoms with Crippen molar-refractivity contribution < 1.29 is 9.47 Å². The average Bonchev–Trinajstić information content (AvgIpc) is 2.90. The summed E-state index contributed by atoms with van der Waals surface area (Å²) in [5.41, 5.74) is 1.19. The molecule has 1 aliphatic rings. The summed E-state index contributed by atoms with van der Waals surface area (Å²) in [5.74, 6) is 2.58. The van der Waals surface area contributed by atoms with Crippen LogP contribution in [0.2, 0.25) is 0 Å². The van der Waals surface area contributed by atoms with Gasteiger partial charge >= 0.3 is 0 Å². The van der Waals surface area contributed by atoms with Gasteiger partial charge in [-0.2, -0.15) is 5.10 Å². The van der Waals surface area contributed by atoms with Crippen molar-refractivity contribution in [1.82, 2.24) is 20.5 Å². The average molecular weight is 288 g/mol. The van der Waals surface area contributed by atoms with Gasteiger partial charge in [-0.15, -0.1) is 0 Å². The first-order valence-corrected chi connectivity index (χ1v) is 7.30. The number of hydrogen-bond donors (Lipinski definition) is 2. The first kappa shape index (κ1) is 13.9. The predicted molar refractivity (Wildman–Crippen MR) is 78.6 cm³/mol. The van der Waals surface area contributed by atoms with E-state index in [-0.39, 0.29) is 6.04 Å². The second-order valence-corrected chi connectivity index (χ2v) is 5.11. The van der Waals surface area contributed by atoms with Gasteiger partial charge in [-0.1, -0.05) is 6.07 Å². The Morgan fingerprint density at radius 2 is 2.14 bits per heavy atom. The number of ether oxygens (including phenoxy) is 2. The highest BCUT2D eigenvalue weighted by Gasteiger charge is 2.13.